The summed E-state index contributed by atoms with van der Waals surface area (Å²) in [7, 11) is -3.39. The molecule has 1 saturated heterocycles. The van der Waals surface area contributed by atoms with Crippen LogP contribution in [-0.4, -0.2) is 66.0 Å². The number of rotatable bonds is 11. The molecular formula is C27H26N2O10S2. The predicted molar refractivity (Wildman–Crippen MR) is 146 cm³/mol. The smallest absolute Gasteiger partial charge is 0.336 e. The molecule has 0 spiro atoms. The molecule has 2 fully saturated rings. The first-order valence-corrected chi connectivity index (χ1v) is 15.0. The third kappa shape index (κ3) is 6.40. The molecule has 41 heavy (non-hydrogen) atoms. The van der Waals surface area contributed by atoms with E-state index in [0.29, 0.717) is 38.0 Å². The Hall–Kier alpha value is -3.85. The summed E-state index contributed by atoms with van der Waals surface area (Å²) in [5, 5.41) is 21.5. The molecule has 1 saturated carbocycles. The van der Waals surface area contributed by atoms with Crippen molar-refractivity contribution in [3.8, 4) is 10.8 Å². The van der Waals surface area contributed by atoms with Gasteiger partial charge in [-0.15, -0.1) is 0 Å². The van der Waals surface area contributed by atoms with E-state index >= 15 is 0 Å². The molecule has 2 aliphatic rings. The average Bonchev–Trinajstić information content (AvgIpc) is 3.52. The van der Waals surface area contributed by atoms with Crippen molar-refractivity contribution in [2.45, 2.75) is 48.5 Å². The largest absolute Gasteiger partial charge is 0.478 e. The van der Waals surface area contributed by atoms with E-state index in [1.807, 2.05) is 0 Å². The standard InChI is InChI=1S/C27H26N2O10S2/c1-14-20(25(31)32)10-17(11-21(14)26(33)34)38-22-12-28-27(40-22)29-24(30)23(39-16-8-9-37-13-16)15-2-4-18(5-3-15)41(35,36)19-6-7-19/h2-5,10-12,16,19,23H,6-9,13H2,1H3,(H,31,32)(H,33,34)(H,28,29,30)/t16-,23?/m1/s1. The van der Waals surface area contributed by atoms with Gasteiger partial charge in [0.2, 0.25) is 5.06 Å². The highest BCUT2D eigenvalue weighted by molar-refractivity contribution is 7.92. The first kappa shape index (κ1) is 28.7. The second-order valence-corrected chi connectivity index (χ2v) is 12.9. The lowest BCUT2D eigenvalue weighted by Gasteiger charge is -2.21. The fourth-order valence-corrected chi connectivity index (χ4v) is 6.70. The fourth-order valence-electron chi connectivity index (χ4n) is 4.35. The fraction of sp³-hybridized carbons (Fsp3) is 0.333. The summed E-state index contributed by atoms with van der Waals surface area (Å²) >= 11 is 0.940. The highest BCUT2D eigenvalue weighted by Crippen LogP contribution is 2.36. The molecule has 216 valence electrons. The second kappa shape index (κ2) is 11.6. The normalized spacial score (nSPS) is 17.6. The monoisotopic (exact) mass is 602 g/mol. The number of thiazole rings is 1. The first-order valence-electron chi connectivity index (χ1n) is 12.7. The minimum atomic E-state index is -3.39. The molecule has 0 radical (unpaired) electrons. The molecule has 12 nitrogen and oxygen atoms in total. The summed E-state index contributed by atoms with van der Waals surface area (Å²) < 4.78 is 42.2. The SMILES string of the molecule is Cc1c(C(=O)O)cc(Oc2cnc(NC(=O)C(O[C@@H]3CCOC3)c3ccc(S(=O)(=O)C4CC4)cc3)s2)cc1C(=O)O. The van der Waals surface area contributed by atoms with E-state index in [1.165, 1.54) is 37.4 Å². The number of carboxylic acid groups (broad SMARTS) is 2. The van der Waals surface area contributed by atoms with Gasteiger partial charge in [0.25, 0.3) is 5.91 Å². The minimum absolute atomic E-state index is 0.0180. The maximum absolute atomic E-state index is 13.3. The number of benzene rings is 2. The van der Waals surface area contributed by atoms with Crippen LogP contribution in [0.15, 0.2) is 47.5 Å². The lowest BCUT2D eigenvalue weighted by atomic mass is 10.0. The van der Waals surface area contributed by atoms with Crippen LogP contribution in [0, 0.1) is 6.92 Å². The predicted octanol–water partition coefficient (Wildman–Crippen LogP) is 4.06. The number of anilines is 1. The van der Waals surface area contributed by atoms with Crippen molar-refractivity contribution >= 4 is 44.2 Å². The van der Waals surface area contributed by atoms with Crippen molar-refractivity contribution in [1.29, 1.82) is 0 Å². The number of nitrogens with one attached hydrogen (secondary N) is 1. The van der Waals surface area contributed by atoms with Crippen LogP contribution < -0.4 is 10.1 Å². The van der Waals surface area contributed by atoms with Gasteiger partial charge in [-0.05, 0) is 61.6 Å². The number of carboxylic acids is 2. The van der Waals surface area contributed by atoms with E-state index in [1.54, 1.807) is 12.1 Å². The third-order valence-electron chi connectivity index (χ3n) is 6.70. The van der Waals surface area contributed by atoms with Crippen LogP contribution in [0.25, 0.3) is 0 Å². The van der Waals surface area contributed by atoms with Gasteiger partial charge in [0.05, 0.1) is 40.2 Å². The molecule has 2 aromatic carbocycles. The molecule has 2 heterocycles. The number of carbonyl (C=O) groups is 3. The molecule has 3 N–H and O–H groups in total. The van der Waals surface area contributed by atoms with Crippen LogP contribution in [0.2, 0.25) is 0 Å². The molecule has 5 rings (SSSR count). The van der Waals surface area contributed by atoms with E-state index in [0.717, 1.165) is 11.3 Å². The van der Waals surface area contributed by atoms with Gasteiger partial charge in [0.1, 0.15) is 5.75 Å². The lowest BCUT2D eigenvalue weighted by Crippen LogP contribution is -2.28. The molecule has 1 amide bonds. The maximum Gasteiger partial charge on any atom is 0.336 e. The molecule has 1 unspecified atom stereocenters. The Bertz CT molecular complexity index is 1560. The molecule has 1 aliphatic heterocycles. The van der Waals surface area contributed by atoms with Crippen molar-refractivity contribution in [2.24, 2.45) is 0 Å². The van der Waals surface area contributed by atoms with Gasteiger partial charge in [-0.2, -0.15) is 0 Å². The molecule has 14 heteroatoms. The van der Waals surface area contributed by atoms with E-state index in [9.17, 15) is 33.0 Å². The Morgan fingerprint density at radius 3 is 2.29 bits per heavy atom. The molecule has 1 aliphatic carbocycles. The summed E-state index contributed by atoms with van der Waals surface area (Å²) in [4.78, 5) is 40.8. The number of sulfone groups is 1. The maximum atomic E-state index is 13.3. The minimum Gasteiger partial charge on any atom is -0.478 e. The summed E-state index contributed by atoms with van der Waals surface area (Å²) in [6.07, 6.45) is 1.78. The van der Waals surface area contributed by atoms with Crippen LogP contribution in [0.5, 0.6) is 10.8 Å². The highest BCUT2D eigenvalue weighted by Gasteiger charge is 2.37. The van der Waals surface area contributed by atoms with E-state index < -0.39 is 33.8 Å². The first-order chi connectivity index (χ1) is 19.5. The Kier molecular flexibility index (Phi) is 8.09. The number of aromatic carboxylic acids is 2. The van der Waals surface area contributed by atoms with Crippen molar-refractivity contribution in [2.75, 3.05) is 18.5 Å². The van der Waals surface area contributed by atoms with Gasteiger partial charge < -0.3 is 24.4 Å². The van der Waals surface area contributed by atoms with Crippen molar-refractivity contribution in [3.63, 3.8) is 0 Å². The number of nitrogens with zero attached hydrogens (tertiary/aromatic N) is 1. The Labute approximate surface area is 238 Å². The second-order valence-electron chi connectivity index (χ2n) is 9.64. The summed E-state index contributed by atoms with van der Waals surface area (Å²) in [5.74, 6) is -3.17. The zero-order chi connectivity index (χ0) is 29.3. The molecule has 0 bridgehead atoms. The van der Waals surface area contributed by atoms with Gasteiger partial charge in [-0.3, -0.25) is 10.1 Å². The zero-order valence-electron chi connectivity index (χ0n) is 21.7. The van der Waals surface area contributed by atoms with Gasteiger partial charge in [0, 0.05) is 6.61 Å². The van der Waals surface area contributed by atoms with Crippen LogP contribution in [0.3, 0.4) is 0 Å². The van der Waals surface area contributed by atoms with Crippen molar-refractivity contribution < 1.29 is 47.2 Å². The average molecular weight is 603 g/mol. The molecule has 2 atom stereocenters. The third-order valence-corrected chi connectivity index (χ3v) is 9.77. The summed E-state index contributed by atoms with van der Waals surface area (Å²) in [6.45, 7) is 2.21. The number of carbonyl (C=O) groups excluding carboxylic acids is 1. The lowest BCUT2D eigenvalue weighted by molar-refractivity contribution is -0.131. The van der Waals surface area contributed by atoms with Crippen molar-refractivity contribution in [3.05, 3.63) is 64.8 Å². The van der Waals surface area contributed by atoms with Gasteiger partial charge >= 0.3 is 11.9 Å². The molecule has 1 aromatic heterocycles. The van der Waals surface area contributed by atoms with E-state index in [4.69, 9.17) is 14.2 Å². The zero-order valence-corrected chi connectivity index (χ0v) is 23.4. The molecule has 3 aromatic rings. The Morgan fingerprint density at radius 2 is 1.73 bits per heavy atom. The van der Waals surface area contributed by atoms with Gasteiger partial charge in [-0.25, -0.2) is 23.0 Å². The number of hydrogen-bond donors (Lipinski definition) is 3. The highest BCUT2D eigenvalue weighted by atomic mass is 32.2. The topological polar surface area (TPSA) is 178 Å². The van der Waals surface area contributed by atoms with Crippen LogP contribution in [-0.2, 0) is 24.1 Å². The van der Waals surface area contributed by atoms with Gasteiger partial charge in [-0.1, -0.05) is 23.5 Å². The number of aromatic nitrogens is 1. The molecular weight excluding hydrogens is 576 g/mol. The summed E-state index contributed by atoms with van der Waals surface area (Å²) in [6, 6.07) is 8.49. The van der Waals surface area contributed by atoms with E-state index in [-0.39, 0.29) is 48.9 Å². The van der Waals surface area contributed by atoms with Gasteiger partial charge in [0.15, 0.2) is 21.1 Å². The Balaban J connectivity index is 1.33. The van der Waals surface area contributed by atoms with Crippen molar-refractivity contribution in [1.82, 2.24) is 4.98 Å². The van der Waals surface area contributed by atoms with Crippen LogP contribution >= 0.6 is 11.3 Å². The Morgan fingerprint density at radius 1 is 1.07 bits per heavy atom. The number of ether oxygens (including phenoxy) is 3. The summed E-state index contributed by atoms with van der Waals surface area (Å²) in [5.41, 5.74) is 0.111. The van der Waals surface area contributed by atoms with E-state index in [2.05, 4.69) is 10.3 Å². The van der Waals surface area contributed by atoms with Crippen LogP contribution in [0.1, 0.15) is 57.2 Å². The number of amides is 1. The quantitative estimate of drug-likeness (QED) is 0.288. The number of hydrogen-bond acceptors (Lipinski definition) is 10. The van der Waals surface area contributed by atoms with Crippen LogP contribution in [0.4, 0.5) is 5.13 Å².